The molecule has 3 nitrogen and oxygen atoms in total. The Hall–Kier alpha value is -1.27. The van der Waals surface area contributed by atoms with Crippen LogP contribution in [0.5, 0.6) is 0 Å². The topological polar surface area (TPSA) is 47.0 Å². The van der Waals surface area contributed by atoms with Gasteiger partial charge in [0, 0.05) is 22.3 Å². The third-order valence-corrected chi connectivity index (χ3v) is 3.37. The van der Waals surface area contributed by atoms with Crippen molar-refractivity contribution in [2.24, 2.45) is 0 Å². The summed E-state index contributed by atoms with van der Waals surface area (Å²) in [7, 11) is 0.974. The van der Waals surface area contributed by atoms with E-state index in [1.807, 2.05) is 0 Å². The number of rotatable bonds is 1. The Morgan fingerprint density at radius 3 is 2.62 bits per heavy atom. The van der Waals surface area contributed by atoms with Crippen molar-refractivity contribution >= 4 is 30.6 Å². The number of hydrogen-bond acceptors (Lipinski definition) is 3. The summed E-state index contributed by atoms with van der Waals surface area (Å²) in [6.07, 6.45) is 1.23. The van der Waals surface area contributed by atoms with Gasteiger partial charge in [-0.3, -0.25) is 4.98 Å². The number of fused-ring (bicyclic) bond motifs is 1. The van der Waals surface area contributed by atoms with Crippen molar-refractivity contribution in [3.05, 3.63) is 36.0 Å². The fourth-order valence-corrected chi connectivity index (χ4v) is 2.40. The van der Waals surface area contributed by atoms with Gasteiger partial charge in [-0.15, -0.1) is 0 Å². The first-order valence-corrected chi connectivity index (χ1v) is 6.39. The maximum Gasteiger partial charge on any atom is 0.262 e. The standard InChI is InChI=1S/C9H4ClF2NO2S/c10-16(14,15)7-4-6(11)8(12)9-5(7)2-1-3-13-9/h1-4H. The molecule has 2 rings (SSSR count). The minimum atomic E-state index is -4.14. The van der Waals surface area contributed by atoms with Crippen LogP contribution in [0.25, 0.3) is 10.9 Å². The lowest BCUT2D eigenvalue weighted by atomic mass is 10.2. The minimum absolute atomic E-state index is 0.0450. The molecule has 1 aromatic carbocycles. The molecule has 2 aromatic rings. The van der Waals surface area contributed by atoms with Crippen LogP contribution in [0.4, 0.5) is 8.78 Å². The third-order valence-electron chi connectivity index (χ3n) is 2.01. The molecule has 0 aliphatic carbocycles. The predicted octanol–water partition coefficient (Wildman–Crippen LogP) is 2.44. The Balaban J connectivity index is 3.02. The molecule has 0 radical (unpaired) electrons. The second-order valence-electron chi connectivity index (χ2n) is 3.01. The van der Waals surface area contributed by atoms with Crippen LogP contribution in [0.2, 0.25) is 0 Å². The van der Waals surface area contributed by atoms with Crippen LogP contribution in [0.15, 0.2) is 29.3 Å². The summed E-state index contributed by atoms with van der Waals surface area (Å²) in [4.78, 5) is 3.09. The highest BCUT2D eigenvalue weighted by Crippen LogP contribution is 2.28. The van der Waals surface area contributed by atoms with E-state index >= 15 is 0 Å². The molecule has 1 heterocycles. The van der Waals surface area contributed by atoms with Crippen LogP contribution in [0.1, 0.15) is 0 Å². The van der Waals surface area contributed by atoms with E-state index < -0.39 is 25.6 Å². The number of nitrogens with zero attached hydrogens (tertiary/aromatic N) is 1. The van der Waals surface area contributed by atoms with E-state index in [-0.39, 0.29) is 10.9 Å². The molecule has 0 atom stereocenters. The highest BCUT2D eigenvalue weighted by Gasteiger charge is 2.20. The van der Waals surface area contributed by atoms with E-state index in [9.17, 15) is 17.2 Å². The van der Waals surface area contributed by atoms with Crippen molar-refractivity contribution in [2.45, 2.75) is 4.90 Å². The fourth-order valence-electron chi connectivity index (χ4n) is 1.35. The number of aromatic nitrogens is 1. The smallest absolute Gasteiger partial charge is 0.253 e. The summed E-state index contributed by atoms with van der Waals surface area (Å²) in [5.41, 5.74) is -0.360. The molecule has 0 saturated carbocycles. The lowest BCUT2D eigenvalue weighted by Gasteiger charge is -2.04. The van der Waals surface area contributed by atoms with Crippen molar-refractivity contribution in [3.8, 4) is 0 Å². The molecule has 0 amide bonds. The zero-order valence-corrected chi connectivity index (χ0v) is 9.19. The summed E-state index contributed by atoms with van der Waals surface area (Å²) < 4.78 is 48.7. The molecule has 0 bridgehead atoms. The molecular weight excluding hydrogens is 260 g/mol. The quantitative estimate of drug-likeness (QED) is 0.743. The maximum atomic E-state index is 13.3. The summed E-state index contributed by atoms with van der Waals surface area (Å²) in [5, 5.41) is -0.0450. The molecular formula is C9H4ClF2NO2S. The van der Waals surface area contributed by atoms with Crippen LogP contribution < -0.4 is 0 Å². The molecule has 0 saturated heterocycles. The Morgan fingerprint density at radius 2 is 2.00 bits per heavy atom. The second-order valence-corrected chi connectivity index (χ2v) is 5.54. The van der Waals surface area contributed by atoms with Crippen LogP contribution in [-0.2, 0) is 9.05 Å². The molecule has 0 N–H and O–H groups in total. The van der Waals surface area contributed by atoms with Gasteiger partial charge in [-0.05, 0) is 18.2 Å². The van der Waals surface area contributed by atoms with Crippen LogP contribution >= 0.6 is 10.7 Å². The van der Waals surface area contributed by atoms with Gasteiger partial charge < -0.3 is 0 Å². The van der Waals surface area contributed by atoms with E-state index in [4.69, 9.17) is 10.7 Å². The van der Waals surface area contributed by atoms with Crippen molar-refractivity contribution in [3.63, 3.8) is 0 Å². The van der Waals surface area contributed by atoms with Gasteiger partial charge in [-0.1, -0.05) is 0 Å². The molecule has 16 heavy (non-hydrogen) atoms. The van der Waals surface area contributed by atoms with Gasteiger partial charge in [0.2, 0.25) is 0 Å². The molecule has 0 fully saturated rings. The van der Waals surface area contributed by atoms with Gasteiger partial charge >= 0.3 is 0 Å². The van der Waals surface area contributed by atoms with E-state index in [1.54, 1.807) is 0 Å². The first kappa shape index (κ1) is 11.2. The van der Waals surface area contributed by atoms with E-state index in [0.717, 1.165) is 0 Å². The van der Waals surface area contributed by atoms with E-state index in [1.165, 1.54) is 18.3 Å². The summed E-state index contributed by atoms with van der Waals surface area (Å²) in [5.74, 6) is -2.50. The Labute approximate surface area is 94.1 Å². The lowest BCUT2D eigenvalue weighted by Crippen LogP contribution is -1.98. The zero-order valence-electron chi connectivity index (χ0n) is 7.62. The van der Waals surface area contributed by atoms with Gasteiger partial charge in [0.05, 0.1) is 4.90 Å². The van der Waals surface area contributed by atoms with Gasteiger partial charge in [0.25, 0.3) is 9.05 Å². The Bertz CT molecular complexity index is 673. The van der Waals surface area contributed by atoms with Crippen molar-refractivity contribution in [1.82, 2.24) is 4.98 Å². The number of hydrogen-bond donors (Lipinski definition) is 0. The average molecular weight is 264 g/mol. The molecule has 84 valence electrons. The second kappa shape index (κ2) is 3.64. The number of benzene rings is 1. The third kappa shape index (κ3) is 1.74. The molecule has 0 aliphatic rings. The average Bonchev–Trinajstić information content (AvgIpc) is 2.22. The molecule has 7 heteroatoms. The first-order valence-electron chi connectivity index (χ1n) is 4.08. The van der Waals surface area contributed by atoms with Gasteiger partial charge in [-0.2, -0.15) is 0 Å². The largest absolute Gasteiger partial charge is 0.262 e. The van der Waals surface area contributed by atoms with Crippen LogP contribution in [-0.4, -0.2) is 13.4 Å². The monoisotopic (exact) mass is 263 g/mol. The SMILES string of the molecule is O=S(=O)(Cl)c1cc(F)c(F)c2ncccc12. The minimum Gasteiger partial charge on any atom is -0.253 e. The molecule has 1 aromatic heterocycles. The summed E-state index contributed by atoms with van der Waals surface area (Å²) in [6, 6.07) is 3.26. The van der Waals surface area contributed by atoms with E-state index in [2.05, 4.69) is 4.98 Å². The fraction of sp³-hybridized carbons (Fsp3) is 0. The Morgan fingerprint density at radius 1 is 1.31 bits per heavy atom. The highest BCUT2D eigenvalue weighted by molar-refractivity contribution is 8.14. The van der Waals surface area contributed by atoms with Crippen molar-refractivity contribution < 1.29 is 17.2 Å². The van der Waals surface area contributed by atoms with Crippen molar-refractivity contribution in [2.75, 3.05) is 0 Å². The van der Waals surface area contributed by atoms with Crippen molar-refractivity contribution in [1.29, 1.82) is 0 Å². The normalized spacial score (nSPS) is 11.9. The molecule has 0 unspecified atom stereocenters. The van der Waals surface area contributed by atoms with E-state index in [0.29, 0.717) is 6.07 Å². The number of halogens is 3. The van der Waals surface area contributed by atoms with Crippen LogP contribution in [0, 0.1) is 11.6 Å². The summed E-state index contributed by atoms with van der Waals surface area (Å²) in [6.45, 7) is 0. The Kier molecular flexibility index (Phi) is 2.55. The number of pyridine rings is 1. The molecule has 0 spiro atoms. The van der Waals surface area contributed by atoms with Gasteiger partial charge in [0.15, 0.2) is 11.6 Å². The first-order chi connectivity index (χ1) is 7.41. The summed E-state index contributed by atoms with van der Waals surface area (Å²) >= 11 is 0. The van der Waals surface area contributed by atoms with Gasteiger partial charge in [-0.25, -0.2) is 17.2 Å². The predicted molar refractivity (Wildman–Crippen MR) is 54.7 cm³/mol. The van der Waals surface area contributed by atoms with Crippen LogP contribution in [0.3, 0.4) is 0 Å². The van der Waals surface area contributed by atoms with Gasteiger partial charge in [0.1, 0.15) is 5.52 Å². The molecule has 0 aliphatic heterocycles. The highest BCUT2D eigenvalue weighted by atomic mass is 35.7. The zero-order chi connectivity index (χ0) is 11.9. The maximum absolute atomic E-state index is 13.3. The lowest BCUT2D eigenvalue weighted by molar-refractivity contribution is 0.512.